The number of nitrogens with one attached hydrogen (secondary N) is 1. The van der Waals surface area contributed by atoms with Crippen LogP contribution in [0.25, 0.3) is 11.3 Å². The number of aromatic nitrogens is 5. The molecule has 4 heterocycles. The summed E-state index contributed by atoms with van der Waals surface area (Å²) in [5.74, 6) is 0.982. The van der Waals surface area contributed by atoms with Gasteiger partial charge in [-0.05, 0) is 48.9 Å². The zero-order valence-electron chi connectivity index (χ0n) is 16.2. The molecule has 0 radical (unpaired) electrons. The Morgan fingerprint density at radius 2 is 1.87 bits per heavy atom. The third-order valence-corrected chi connectivity index (χ3v) is 4.68. The van der Waals surface area contributed by atoms with Gasteiger partial charge in [-0.15, -0.1) is 0 Å². The summed E-state index contributed by atoms with van der Waals surface area (Å²) in [6.07, 6.45) is 7.24. The van der Waals surface area contributed by atoms with Crippen molar-refractivity contribution >= 4 is 23.0 Å². The predicted octanol–water partition coefficient (Wildman–Crippen LogP) is 3.52. The molecular weight excluding hydrogens is 380 g/mol. The fraction of sp³-hybridized carbons (Fsp3) is 0.0909. The molecule has 0 aliphatic carbocycles. The minimum atomic E-state index is -0.236. The maximum atomic E-state index is 12.6. The summed E-state index contributed by atoms with van der Waals surface area (Å²) < 4.78 is 9.38. The Hall–Kier alpha value is -4.20. The molecule has 30 heavy (non-hydrogen) atoms. The molecule has 148 valence electrons. The third kappa shape index (κ3) is 3.46. The number of anilines is 1. The van der Waals surface area contributed by atoms with E-state index in [0.717, 1.165) is 11.3 Å². The molecule has 0 unspecified atom stereocenters. The molecule has 1 aromatic carbocycles. The van der Waals surface area contributed by atoms with Gasteiger partial charge < -0.3 is 14.5 Å². The fourth-order valence-electron chi connectivity index (χ4n) is 3.20. The van der Waals surface area contributed by atoms with Gasteiger partial charge in [0.05, 0.1) is 11.9 Å². The second-order valence-corrected chi connectivity index (χ2v) is 6.90. The van der Waals surface area contributed by atoms with Crippen LogP contribution in [0.1, 0.15) is 21.6 Å². The van der Waals surface area contributed by atoms with Gasteiger partial charge in [-0.3, -0.25) is 4.79 Å². The molecule has 5 aromatic rings. The zero-order valence-corrected chi connectivity index (χ0v) is 16.2. The Balaban J connectivity index is 1.25. The monoisotopic (exact) mass is 398 g/mol. The predicted molar refractivity (Wildman–Crippen MR) is 112 cm³/mol. The average Bonchev–Trinajstić information content (AvgIpc) is 3.39. The first kappa shape index (κ1) is 17.9. The van der Waals surface area contributed by atoms with Crippen molar-refractivity contribution in [1.82, 2.24) is 24.0 Å². The second kappa shape index (κ2) is 7.32. The van der Waals surface area contributed by atoms with E-state index in [-0.39, 0.29) is 5.91 Å². The van der Waals surface area contributed by atoms with Gasteiger partial charge >= 0.3 is 0 Å². The first-order valence-corrected chi connectivity index (χ1v) is 9.43. The van der Waals surface area contributed by atoms with E-state index < -0.39 is 0 Å². The van der Waals surface area contributed by atoms with Gasteiger partial charge in [0.25, 0.3) is 5.91 Å². The molecule has 0 aliphatic rings. The molecule has 0 bridgehead atoms. The first-order valence-electron chi connectivity index (χ1n) is 9.43. The fourth-order valence-corrected chi connectivity index (χ4v) is 3.20. The minimum Gasteiger partial charge on any atom is -0.487 e. The van der Waals surface area contributed by atoms with Crippen LogP contribution in [0, 0.1) is 6.92 Å². The number of fused-ring (bicyclic) bond motifs is 2. The molecule has 1 N–H and O–H groups in total. The van der Waals surface area contributed by atoms with Gasteiger partial charge in [0, 0.05) is 30.2 Å². The summed E-state index contributed by atoms with van der Waals surface area (Å²) in [6.45, 7) is 2.39. The first-order chi connectivity index (χ1) is 14.7. The minimum absolute atomic E-state index is 0.236. The number of nitrogens with zero attached hydrogens (tertiary/aromatic N) is 5. The number of aryl methyl sites for hydroxylation is 1. The van der Waals surface area contributed by atoms with Crippen molar-refractivity contribution in [3.63, 3.8) is 0 Å². The van der Waals surface area contributed by atoms with Gasteiger partial charge in [0.15, 0.2) is 5.65 Å². The SMILES string of the molecule is Cc1ccc2nc(COc3ccc(C(=O)Nc4ccnc5ccnn45)cc3)cn2c1. The van der Waals surface area contributed by atoms with E-state index in [4.69, 9.17) is 4.74 Å². The van der Waals surface area contributed by atoms with E-state index in [0.29, 0.717) is 29.4 Å². The molecule has 5 rings (SSSR count). The summed E-state index contributed by atoms with van der Waals surface area (Å²) in [5, 5.41) is 7.02. The second-order valence-electron chi connectivity index (χ2n) is 6.90. The number of benzene rings is 1. The molecule has 0 saturated heterocycles. The van der Waals surface area contributed by atoms with Crippen LogP contribution in [0.5, 0.6) is 5.75 Å². The van der Waals surface area contributed by atoms with Crippen molar-refractivity contribution in [1.29, 1.82) is 0 Å². The van der Waals surface area contributed by atoms with Gasteiger partial charge in [0.1, 0.15) is 23.8 Å². The molecule has 0 spiro atoms. The number of ether oxygens (including phenoxy) is 1. The van der Waals surface area contributed by atoms with Crippen molar-refractivity contribution in [3.8, 4) is 5.75 Å². The summed E-state index contributed by atoms with van der Waals surface area (Å²) >= 11 is 0. The lowest BCUT2D eigenvalue weighted by Gasteiger charge is -2.08. The highest BCUT2D eigenvalue weighted by atomic mass is 16.5. The number of pyridine rings is 1. The van der Waals surface area contributed by atoms with Crippen molar-refractivity contribution < 1.29 is 9.53 Å². The maximum absolute atomic E-state index is 12.6. The van der Waals surface area contributed by atoms with E-state index in [1.165, 1.54) is 5.56 Å². The summed E-state index contributed by atoms with van der Waals surface area (Å²) in [5.41, 5.74) is 4.07. The number of hydrogen-bond donors (Lipinski definition) is 1. The zero-order chi connectivity index (χ0) is 20.5. The Morgan fingerprint density at radius 1 is 1.00 bits per heavy atom. The maximum Gasteiger partial charge on any atom is 0.256 e. The summed E-state index contributed by atoms with van der Waals surface area (Å²) in [4.78, 5) is 21.3. The topological polar surface area (TPSA) is 85.8 Å². The average molecular weight is 398 g/mol. The normalized spacial score (nSPS) is 11.1. The van der Waals surface area contributed by atoms with E-state index in [2.05, 4.69) is 20.4 Å². The summed E-state index contributed by atoms with van der Waals surface area (Å²) in [6, 6.07) is 14.5. The highest BCUT2D eigenvalue weighted by Crippen LogP contribution is 2.16. The van der Waals surface area contributed by atoms with Crippen molar-refractivity contribution in [2.75, 3.05) is 5.32 Å². The number of imidazole rings is 1. The van der Waals surface area contributed by atoms with Gasteiger partial charge in [-0.25, -0.2) is 9.97 Å². The highest BCUT2D eigenvalue weighted by Gasteiger charge is 2.10. The molecule has 1 amide bonds. The largest absolute Gasteiger partial charge is 0.487 e. The lowest BCUT2D eigenvalue weighted by molar-refractivity contribution is 0.102. The molecular formula is C22H18N6O2. The van der Waals surface area contributed by atoms with Gasteiger partial charge in [-0.1, -0.05) is 6.07 Å². The summed E-state index contributed by atoms with van der Waals surface area (Å²) in [7, 11) is 0. The standard InChI is InChI=1S/C22H18N6O2/c1-15-2-7-20-25-17(13-27(20)12-15)14-30-18-5-3-16(4-6-18)22(29)26-21-8-10-23-19-9-11-24-28(19)21/h2-13H,14H2,1H3,(H,26,29). The smallest absolute Gasteiger partial charge is 0.256 e. The number of rotatable bonds is 5. The Labute approximate surface area is 171 Å². The highest BCUT2D eigenvalue weighted by molar-refractivity contribution is 6.03. The molecule has 8 heteroatoms. The van der Waals surface area contributed by atoms with Crippen LogP contribution in [-0.2, 0) is 6.61 Å². The van der Waals surface area contributed by atoms with Crippen LogP contribution < -0.4 is 10.1 Å². The number of hydrogen-bond acceptors (Lipinski definition) is 5. The van der Waals surface area contributed by atoms with Crippen LogP contribution in [0.3, 0.4) is 0 Å². The van der Waals surface area contributed by atoms with E-state index in [1.807, 2.05) is 35.9 Å². The van der Waals surface area contributed by atoms with Crippen LogP contribution in [0.2, 0.25) is 0 Å². The Kier molecular flexibility index (Phi) is 4.36. The van der Waals surface area contributed by atoms with Gasteiger partial charge in [0.2, 0.25) is 0 Å². The van der Waals surface area contributed by atoms with E-state index >= 15 is 0 Å². The lowest BCUT2D eigenvalue weighted by atomic mass is 10.2. The van der Waals surface area contributed by atoms with Crippen LogP contribution in [0.4, 0.5) is 5.82 Å². The number of amides is 1. The van der Waals surface area contributed by atoms with E-state index in [9.17, 15) is 4.79 Å². The van der Waals surface area contributed by atoms with Crippen LogP contribution in [-0.4, -0.2) is 29.9 Å². The molecule has 0 atom stereocenters. The van der Waals surface area contributed by atoms with Crippen molar-refractivity contribution in [3.05, 3.63) is 90.1 Å². The van der Waals surface area contributed by atoms with Crippen molar-refractivity contribution in [2.45, 2.75) is 13.5 Å². The Bertz CT molecular complexity index is 1350. The molecule has 4 aromatic heterocycles. The number of carbonyl (C=O) groups is 1. The molecule has 8 nitrogen and oxygen atoms in total. The van der Waals surface area contributed by atoms with Crippen LogP contribution in [0.15, 0.2) is 73.3 Å². The Morgan fingerprint density at radius 3 is 2.73 bits per heavy atom. The van der Waals surface area contributed by atoms with Gasteiger partial charge in [-0.2, -0.15) is 9.61 Å². The number of carbonyl (C=O) groups excluding carboxylic acids is 1. The quantitative estimate of drug-likeness (QED) is 0.490. The molecule has 0 aliphatic heterocycles. The van der Waals surface area contributed by atoms with Crippen molar-refractivity contribution in [2.24, 2.45) is 0 Å². The van der Waals surface area contributed by atoms with Crippen LogP contribution >= 0.6 is 0 Å². The third-order valence-electron chi connectivity index (χ3n) is 4.68. The molecule has 0 fully saturated rings. The van der Waals surface area contributed by atoms with E-state index in [1.54, 1.807) is 53.3 Å². The molecule has 0 saturated carbocycles. The lowest BCUT2D eigenvalue weighted by Crippen LogP contribution is -2.14.